The van der Waals surface area contributed by atoms with E-state index in [2.05, 4.69) is 38.1 Å². The maximum atomic E-state index is 5.82. The molecule has 1 aromatic carbocycles. The van der Waals surface area contributed by atoms with Crippen LogP contribution in [0.2, 0.25) is 0 Å². The van der Waals surface area contributed by atoms with Crippen LogP contribution in [0.3, 0.4) is 0 Å². The van der Waals surface area contributed by atoms with Gasteiger partial charge in [-0.15, -0.1) is 0 Å². The van der Waals surface area contributed by atoms with Gasteiger partial charge in [0.05, 0.1) is 0 Å². The van der Waals surface area contributed by atoms with Crippen molar-refractivity contribution in [3.63, 3.8) is 0 Å². The molecule has 1 atom stereocenters. The summed E-state index contributed by atoms with van der Waals surface area (Å²) in [6.45, 7) is 5.38. The average Bonchev–Trinajstić information content (AvgIpc) is 3.09. The topological polar surface area (TPSA) is 26.0 Å². The summed E-state index contributed by atoms with van der Waals surface area (Å²) < 4.78 is 0. The lowest BCUT2D eigenvalue weighted by atomic mass is 9.93. The van der Waals surface area contributed by atoms with Crippen molar-refractivity contribution in [2.45, 2.75) is 45.4 Å². The monoisotopic (exact) mass is 217 g/mol. The van der Waals surface area contributed by atoms with Crippen molar-refractivity contribution < 1.29 is 0 Å². The first-order valence-corrected chi connectivity index (χ1v) is 6.48. The highest BCUT2D eigenvalue weighted by molar-refractivity contribution is 5.26. The number of hydrogen-bond acceptors (Lipinski definition) is 1. The largest absolute Gasteiger partial charge is 0.330 e. The lowest BCUT2D eigenvalue weighted by Crippen LogP contribution is -2.17. The molecule has 0 heterocycles. The first-order valence-electron chi connectivity index (χ1n) is 6.48. The summed E-state index contributed by atoms with van der Waals surface area (Å²) in [5.41, 5.74) is 9.19. The minimum Gasteiger partial charge on any atom is -0.330 e. The Labute approximate surface area is 99.0 Å². The van der Waals surface area contributed by atoms with Crippen molar-refractivity contribution in [2.75, 3.05) is 6.54 Å². The Kier molecular flexibility index (Phi) is 3.34. The van der Waals surface area contributed by atoms with Gasteiger partial charge >= 0.3 is 0 Å². The Hall–Kier alpha value is -0.820. The molecule has 1 unspecified atom stereocenters. The lowest BCUT2D eigenvalue weighted by Gasteiger charge is -2.14. The second kappa shape index (κ2) is 4.58. The molecule has 1 aromatic rings. The highest BCUT2D eigenvalue weighted by Gasteiger charge is 2.40. The minimum absolute atomic E-state index is 0.456. The number of rotatable bonds is 5. The molecule has 1 heteroatoms. The summed E-state index contributed by atoms with van der Waals surface area (Å²) >= 11 is 0. The van der Waals surface area contributed by atoms with Crippen molar-refractivity contribution in [3.8, 4) is 0 Å². The molecule has 16 heavy (non-hydrogen) atoms. The van der Waals surface area contributed by atoms with Gasteiger partial charge in [-0.25, -0.2) is 0 Å². The van der Waals surface area contributed by atoms with Crippen LogP contribution in [0.1, 0.15) is 50.2 Å². The molecule has 0 amide bonds. The maximum Gasteiger partial charge on any atom is -0.00173 e. The molecule has 0 spiro atoms. The number of benzene rings is 1. The third kappa shape index (κ3) is 2.46. The molecular weight excluding hydrogens is 194 g/mol. The summed E-state index contributed by atoms with van der Waals surface area (Å²) in [5.74, 6) is 0.679. The Morgan fingerprint density at radius 3 is 2.31 bits per heavy atom. The fourth-order valence-electron chi connectivity index (χ4n) is 2.26. The normalized spacial score (nSPS) is 19.4. The van der Waals surface area contributed by atoms with E-state index in [1.165, 1.54) is 36.8 Å². The van der Waals surface area contributed by atoms with Crippen molar-refractivity contribution in [1.29, 1.82) is 0 Å². The zero-order valence-corrected chi connectivity index (χ0v) is 10.5. The molecule has 1 aliphatic carbocycles. The van der Waals surface area contributed by atoms with Gasteiger partial charge in [0, 0.05) is 0 Å². The molecule has 1 fully saturated rings. The SMILES string of the molecule is CCC(C)c1ccc(CC2(CN)CC2)cc1. The Morgan fingerprint density at radius 2 is 1.88 bits per heavy atom. The molecule has 0 saturated heterocycles. The average molecular weight is 217 g/mol. The van der Waals surface area contributed by atoms with E-state index in [1.54, 1.807) is 0 Å². The zero-order valence-electron chi connectivity index (χ0n) is 10.5. The van der Waals surface area contributed by atoms with Crippen LogP contribution in [-0.2, 0) is 6.42 Å². The summed E-state index contributed by atoms with van der Waals surface area (Å²) in [7, 11) is 0. The van der Waals surface area contributed by atoms with E-state index >= 15 is 0 Å². The minimum atomic E-state index is 0.456. The Morgan fingerprint density at radius 1 is 1.25 bits per heavy atom. The first-order chi connectivity index (χ1) is 7.69. The van der Waals surface area contributed by atoms with Crippen LogP contribution in [0.15, 0.2) is 24.3 Å². The quantitative estimate of drug-likeness (QED) is 0.803. The van der Waals surface area contributed by atoms with Crippen LogP contribution in [0, 0.1) is 5.41 Å². The molecule has 0 aliphatic heterocycles. The van der Waals surface area contributed by atoms with E-state index < -0.39 is 0 Å². The predicted molar refractivity (Wildman–Crippen MR) is 69.6 cm³/mol. The van der Waals surface area contributed by atoms with E-state index in [1.807, 2.05) is 0 Å². The second-order valence-corrected chi connectivity index (χ2v) is 5.43. The number of nitrogens with two attached hydrogens (primary N) is 1. The summed E-state index contributed by atoms with van der Waals surface area (Å²) in [6, 6.07) is 9.15. The van der Waals surface area contributed by atoms with Crippen molar-refractivity contribution in [1.82, 2.24) is 0 Å². The van der Waals surface area contributed by atoms with Crippen LogP contribution < -0.4 is 5.73 Å². The Bertz CT molecular complexity index is 335. The van der Waals surface area contributed by atoms with E-state index in [0.717, 1.165) is 6.54 Å². The molecule has 0 bridgehead atoms. The standard InChI is InChI=1S/C15H23N/c1-3-12(2)14-6-4-13(5-7-14)10-15(11-16)8-9-15/h4-7,12H,3,8-11,16H2,1-2H3. The van der Waals surface area contributed by atoms with Crippen molar-refractivity contribution in [2.24, 2.45) is 11.1 Å². The van der Waals surface area contributed by atoms with Crippen LogP contribution in [-0.4, -0.2) is 6.54 Å². The summed E-state index contributed by atoms with van der Waals surface area (Å²) in [4.78, 5) is 0. The highest BCUT2D eigenvalue weighted by atomic mass is 14.6. The van der Waals surface area contributed by atoms with Gasteiger partial charge in [0.1, 0.15) is 0 Å². The van der Waals surface area contributed by atoms with Gasteiger partial charge in [-0.3, -0.25) is 0 Å². The van der Waals surface area contributed by atoms with Crippen LogP contribution in [0.25, 0.3) is 0 Å². The fraction of sp³-hybridized carbons (Fsp3) is 0.600. The second-order valence-electron chi connectivity index (χ2n) is 5.43. The maximum absolute atomic E-state index is 5.82. The molecule has 88 valence electrons. The van der Waals surface area contributed by atoms with Gasteiger partial charge in [0.15, 0.2) is 0 Å². The third-order valence-corrected chi connectivity index (χ3v) is 4.13. The number of hydrogen-bond donors (Lipinski definition) is 1. The first kappa shape index (κ1) is 11.7. The Balaban J connectivity index is 2.02. The van der Waals surface area contributed by atoms with E-state index in [9.17, 15) is 0 Å². The van der Waals surface area contributed by atoms with E-state index in [0.29, 0.717) is 11.3 Å². The van der Waals surface area contributed by atoms with Crippen LogP contribution in [0.4, 0.5) is 0 Å². The highest BCUT2D eigenvalue weighted by Crippen LogP contribution is 2.47. The van der Waals surface area contributed by atoms with E-state index in [-0.39, 0.29) is 0 Å². The lowest BCUT2D eigenvalue weighted by molar-refractivity contribution is 0.521. The van der Waals surface area contributed by atoms with Gasteiger partial charge in [-0.05, 0) is 54.7 Å². The molecule has 0 aromatic heterocycles. The summed E-state index contributed by atoms with van der Waals surface area (Å²) in [6.07, 6.45) is 5.02. The molecule has 0 radical (unpaired) electrons. The van der Waals surface area contributed by atoms with Gasteiger partial charge in [-0.2, -0.15) is 0 Å². The van der Waals surface area contributed by atoms with Crippen LogP contribution >= 0.6 is 0 Å². The van der Waals surface area contributed by atoms with Gasteiger partial charge in [0.2, 0.25) is 0 Å². The molecule has 1 nitrogen and oxygen atoms in total. The molecule has 1 aliphatic rings. The van der Waals surface area contributed by atoms with E-state index in [4.69, 9.17) is 5.73 Å². The van der Waals surface area contributed by atoms with Gasteiger partial charge < -0.3 is 5.73 Å². The van der Waals surface area contributed by atoms with Crippen LogP contribution in [0.5, 0.6) is 0 Å². The fourth-order valence-corrected chi connectivity index (χ4v) is 2.26. The predicted octanol–water partition coefficient (Wildman–Crippen LogP) is 3.48. The smallest absolute Gasteiger partial charge is 0.00173 e. The third-order valence-electron chi connectivity index (χ3n) is 4.13. The molecule has 2 rings (SSSR count). The molecular formula is C15H23N. The summed E-state index contributed by atoms with van der Waals surface area (Å²) in [5, 5.41) is 0. The molecule has 2 N–H and O–H groups in total. The zero-order chi connectivity index (χ0) is 11.6. The van der Waals surface area contributed by atoms with Crippen molar-refractivity contribution in [3.05, 3.63) is 35.4 Å². The van der Waals surface area contributed by atoms with Gasteiger partial charge in [-0.1, -0.05) is 38.1 Å². The molecule has 1 saturated carbocycles. The van der Waals surface area contributed by atoms with Crippen molar-refractivity contribution >= 4 is 0 Å². The van der Waals surface area contributed by atoms with Gasteiger partial charge in [0.25, 0.3) is 0 Å².